The molecular formula is C8H13NO2. The van der Waals surface area contributed by atoms with Crippen molar-refractivity contribution in [3.63, 3.8) is 0 Å². The summed E-state index contributed by atoms with van der Waals surface area (Å²) in [7, 11) is 1.74. The molecule has 0 unspecified atom stereocenters. The lowest BCUT2D eigenvalue weighted by atomic mass is 9.94. The molecule has 11 heavy (non-hydrogen) atoms. The Morgan fingerprint density at radius 2 is 2.18 bits per heavy atom. The fraction of sp³-hybridized carbons (Fsp3) is 0.625. The molecule has 0 spiro atoms. The van der Waals surface area contributed by atoms with E-state index in [1.165, 1.54) is 6.08 Å². The molecule has 0 aromatic carbocycles. The van der Waals surface area contributed by atoms with Crippen molar-refractivity contribution in [2.45, 2.75) is 25.8 Å². The Morgan fingerprint density at radius 1 is 1.64 bits per heavy atom. The van der Waals surface area contributed by atoms with Crippen LogP contribution in [0.4, 0.5) is 0 Å². The van der Waals surface area contributed by atoms with Crippen LogP contribution < -0.4 is 0 Å². The summed E-state index contributed by atoms with van der Waals surface area (Å²) in [6.45, 7) is 3.85. The minimum atomic E-state index is -0.254. The highest BCUT2D eigenvalue weighted by Gasteiger charge is 2.31. The van der Waals surface area contributed by atoms with Gasteiger partial charge in [0, 0.05) is 25.1 Å². The van der Waals surface area contributed by atoms with Crippen molar-refractivity contribution in [2.24, 2.45) is 0 Å². The first-order valence-electron chi connectivity index (χ1n) is 3.61. The molecule has 1 N–H and O–H groups in total. The Labute approximate surface area is 66.3 Å². The molecule has 1 aliphatic heterocycles. The van der Waals surface area contributed by atoms with Crippen LogP contribution in [0.3, 0.4) is 0 Å². The minimum absolute atomic E-state index is 0.126. The molecule has 1 amide bonds. The van der Waals surface area contributed by atoms with Gasteiger partial charge in [-0.1, -0.05) is 0 Å². The lowest BCUT2D eigenvalue weighted by Gasteiger charge is -2.37. The first-order chi connectivity index (χ1) is 4.93. The molecule has 0 radical (unpaired) electrons. The molecule has 0 atom stereocenters. The van der Waals surface area contributed by atoms with Crippen molar-refractivity contribution in [3.05, 3.63) is 11.8 Å². The summed E-state index contributed by atoms with van der Waals surface area (Å²) in [5, 5.41) is 9.15. The quantitative estimate of drug-likeness (QED) is 0.568. The van der Waals surface area contributed by atoms with E-state index in [2.05, 4.69) is 0 Å². The average molecular weight is 155 g/mol. The molecule has 0 saturated heterocycles. The predicted molar refractivity (Wildman–Crippen MR) is 42.2 cm³/mol. The second-order valence-electron chi connectivity index (χ2n) is 3.52. The van der Waals surface area contributed by atoms with Gasteiger partial charge in [-0.15, -0.1) is 0 Å². The predicted octanol–water partition coefficient (Wildman–Crippen LogP) is 1.07. The summed E-state index contributed by atoms with van der Waals surface area (Å²) in [4.78, 5) is 12.7. The van der Waals surface area contributed by atoms with Gasteiger partial charge >= 0.3 is 0 Å². The first kappa shape index (κ1) is 8.11. The van der Waals surface area contributed by atoms with Gasteiger partial charge in [-0.25, -0.2) is 0 Å². The topological polar surface area (TPSA) is 40.5 Å². The number of rotatable bonds is 0. The van der Waals surface area contributed by atoms with E-state index in [0.29, 0.717) is 6.42 Å². The highest BCUT2D eigenvalue weighted by Crippen LogP contribution is 2.25. The lowest BCUT2D eigenvalue weighted by molar-refractivity contribution is -0.130. The number of nitrogens with zero attached hydrogens (tertiary/aromatic N) is 1. The summed E-state index contributed by atoms with van der Waals surface area (Å²) in [5.41, 5.74) is -0.254. The standard InChI is InChI=1S/C8H13NO2/c1-8(2)5-6(10)4-7(11)9(8)3/h4,10H,5H2,1-3H3. The van der Waals surface area contributed by atoms with Crippen LogP contribution in [-0.2, 0) is 4.79 Å². The van der Waals surface area contributed by atoms with Crippen LogP contribution >= 0.6 is 0 Å². The third kappa shape index (κ3) is 1.37. The van der Waals surface area contributed by atoms with Crippen LogP contribution in [-0.4, -0.2) is 28.5 Å². The van der Waals surface area contributed by atoms with E-state index in [4.69, 9.17) is 5.11 Å². The third-order valence-electron chi connectivity index (χ3n) is 2.14. The normalized spacial score (nSPS) is 23.4. The number of aliphatic hydroxyl groups is 1. The van der Waals surface area contributed by atoms with Crippen LogP contribution in [0.1, 0.15) is 20.3 Å². The summed E-state index contributed by atoms with van der Waals surface area (Å²) in [6, 6.07) is 0. The smallest absolute Gasteiger partial charge is 0.250 e. The molecule has 3 nitrogen and oxygen atoms in total. The molecule has 1 aliphatic rings. The molecule has 0 aliphatic carbocycles. The number of carbonyl (C=O) groups is 1. The fourth-order valence-electron chi connectivity index (χ4n) is 1.15. The maximum atomic E-state index is 11.1. The average Bonchev–Trinajstić information content (AvgIpc) is 1.81. The van der Waals surface area contributed by atoms with Crippen molar-refractivity contribution < 1.29 is 9.90 Å². The van der Waals surface area contributed by atoms with E-state index >= 15 is 0 Å². The van der Waals surface area contributed by atoms with E-state index in [-0.39, 0.29) is 17.2 Å². The van der Waals surface area contributed by atoms with Gasteiger partial charge in [0.25, 0.3) is 0 Å². The van der Waals surface area contributed by atoms with E-state index in [1.807, 2.05) is 13.8 Å². The van der Waals surface area contributed by atoms with Crippen LogP contribution in [0.2, 0.25) is 0 Å². The highest BCUT2D eigenvalue weighted by atomic mass is 16.3. The van der Waals surface area contributed by atoms with Gasteiger partial charge in [0.1, 0.15) is 5.76 Å². The van der Waals surface area contributed by atoms with Crippen LogP contribution in [0, 0.1) is 0 Å². The molecule has 1 rings (SSSR count). The van der Waals surface area contributed by atoms with Gasteiger partial charge in [-0.3, -0.25) is 4.79 Å². The van der Waals surface area contributed by atoms with Gasteiger partial charge in [0.05, 0.1) is 0 Å². The fourth-order valence-corrected chi connectivity index (χ4v) is 1.15. The maximum Gasteiger partial charge on any atom is 0.250 e. The number of carbonyl (C=O) groups excluding carboxylic acids is 1. The molecule has 0 aromatic rings. The molecule has 3 heteroatoms. The van der Waals surface area contributed by atoms with Gasteiger partial charge in [-0.05, 0) is 13.8 Å². The van der Waals surface area contributed by atoms with Crippen LogP contribution in [0.25, 0.3) is 0 Å². The Kier molecular flexibility index (Phi) is 1.66. The molecule has 0 bridgehead atoms. The second kappa shape index (κ2) is 2.26. The van der Waals surface area contributed by atoms with Crippen molar-refractivity contribution >= 4 is 5.91 Å². The summed E-state index contributed by atoms with van der Waals surface area (Å²) < 4.78 is 0. The van der Waals surface area contributed by atoms with Gasteiger partial charge in [0.15, 0.2) is 0 Å². The van der Waals surface area contributed by atoms with Crippen LogP contribution in [0.5, 0.6) is 0 Å². The summed E-state index contributed by atoms with van der Waals surface area (Å²) >= 11 is 0. The maximum absolute atomic E-state index is 11.1. The van der Waals surface area contributed by atoms with E-state index in [9.17, 15) is 4.79 Å². The van der Waals surface area contributed by atoms with Crippen LogP contribution in [0.15, 0.2) is 11.8 Å². The largest absolute Gasteiger partial charge is 0.512 e. The number of hydrogen-bond donors (Lipinski definition) is 1. The van der Waals surface area contributed by atoms with E-state index < -0.39 is 0 Å². The Bertz CT molecular complexity index is 218. The number of amides is 1. The third-order valence-corrected chi connectivity index (χ3v) is 2.14. The molecule has 62 valence electrons. The molecule has 0 fully saturated rings. The highest BCUT2D eigenvalue weighted by molar-refractivity contribution is 5.89. The monoisotopic (exact) mass is 155 g/mol. The minimum Gasteiger partial charge on any atom is -0.512 e. The van der Waals surface area contributed by atoms with Crippen molar-refractivity contribution in [1.29, 1.82) is 0 Å². The number of likely N-dealkylation sites (N-methyl/N-ethyl adjacent to an activating group) is 1. The Balaban J connectivity index is 2.94. The molecule has 1 heterocycles. The molecule has 0 aromatic heterocycles. The second-order valence-corrected chi connectivity index (χ2v) is 3.52. The SMILES string of the molecule is CN1C(=O)C=C(O)CC1(C)C. The first-order valence-corrected chi connectivity index (χ1v) is 3.61. The zero-order valence-electron chi connectivity index (χ0n) is 7.09. The van der Waals surface area contributed by atoms with E-state index in [0.717, 1.165) is 0 Å². The Morgan fingerprint density at radius 3 is 2.64 bits per heavy atom. The Hall–Kier alpha value is -0.990. The molecule has 0 saturated carbocycles. The van der Waals surface area contributed by atoms with Gasteiger partial charge in [-0.2, -0.15) is 0 Å². The zero-order valence-corrected chi connectivity index (χ0v) is 7.09. The van der Waals surface area contributed by atoms with E-state index in [1.54, 1.807) is 11.9 Å². The number of hydrogen-bond acceptors (Lipinski definition) is 2. The van der Waals surface area contributed by atoms with Crippen molar-refractivity contribution in [1.82, 2.24) is 4.90 Å². The lowest BCUT2D eigenvalue weighted by Crippen LogP contribution is -2.47. The summed E-state index contributed by atoms with van der Waals surface area (Å²) in [5.74, 6) is 0.0526. The van der Waals surface area contributed by atoms with Crippen molar-refractivity contribution in [2.75, 3.05) is 7.05 Å². The van der Waals surface area contributed by atoms with Gasteiger partial charge < -0.3 is 10.0 Å². The van der Waals surface area contributed by atoms with Crippen molar-refractivity contribution in [3.8, 4) is 0 Å². The molecular weight excluding hydrogens is 142 g/mol. The van der Waals surface area contributed by atoms with Gasteiger partial charge in [0.2, 0.25) is 5.91 Å². The number of aliphatic hydroxyl groups excluding tert-OH is 1. The summed E-state index contributed by atoms with van der Waals surface area (Å²) in [6.07, 6.45) is 1.81. The zero-order chi connectivity index (χ0) is 8.65.